The van der Waals surface area contributed by atoms with E-state index in [4.69, 9.17) is 33.7 Å². The van der Waals surface area contributed by atoms with Gasteiger partial charge in [-0.2, -0.15) is 0 Å². The average molecular weight is 344 g/mol. The summed E-state index contributed by atoms with van der Waals surface area (Å²) in [6.45, 7) is 0.371. The second-order valence-electron chi connectivity index (χ2n) is 4.42. The van der Waals surface area contributed by atoms with Gasteiger partial charge in [-0.3, -0.25) is 4.21 Å². The van der Waals surface area contributed by atoms with Gasteiger partial charge in [-0.1, -0.05) is 29.3 Å². The maximum Gasteiger partial charge on any atom is 0.123 e. The maximum absolute atomic E-state index is 12.4. The van der Waals surface area contributed by atoms with Crippen LogP contribution in [0.4, 0.5) is 0 Å². The van der Waals surface area contributed by atoms with Crippen molar-refractivity contribution in [1.29, 1.82) is 0 Å². The number of hydrogen-bond donors (Lipinski definition) is 1. The predicted octanol–water partition coefficient (Wildman–Crippen LogP) is 3.77. The Hall–Kier alpha value is -1.07. The van der Waals surface area contributed by atoms with Gasteiger partial charge in [-0.05, 0) is 35.9 Å². The highest BCUT2D eigenvalue weighted by Crippen LogP contribution is 2.26. The fraction of sp³-hybridized carbons (Fsp3) is 0.200. The number of benzene rings is 2. The highest BCUT2D eigenvalue weighted by atomic mass is 35.5. The topological polar surface area (TPSA) is 52.3 Å². The van der Waals surface area contributed by atoms with E-state index in [1.807, 2.05) is 18.2 Å². The first-order chi connectivity index (χ1) is 10.0. The molecule has 0 fully saturated rings. The van der Waals surface area contributed by atoms with E-state index in [1.165, 1.54) is 0 Å². The number of halogens is 2. The Kier molecular flexibility index (Phi) is 5.65. The largest absolute Gasteiger partial charge is 0.496 e. The first-order valence-corrected chi connectivity index (χ1v) is 8.32. The zero-order valence-electron chi connectivity index (χ0n) is 11.4. The first-order valence-electron chi connectivity index (χ1n) is 6.24. The Balaban J connectivity index is 2.21. The minimum Gasteiger partial charge on any atom is -0.496 e. The van der Waals surface area contributed by atoms with Crippen molar-refractivity contribution in [2.75, 3.05) is 7.11 Å². The molecular weight excluding hydrogens is 329 g/mol. The molecule has 0 bridgehead atoms. The van der Waals surface area contributed by atoms with Gasteiger partial charge in [0.1, 0.15) is 5.75 Å². The molecule has 0 aliphatic carbocycles. The minimum absolute atomic E-state index is 0.371. The number of nitrogens with two attached hydrogens (primary N) is 1. The third kappa shape index (κ3) is 3.98. The number of methoxy groups -OCH3 is 1. The van der Waals surface area contributed by atoms with Gasteiger partial charge in [-0.25, -0.2) is 0 Å². The summed E-state index contributed by atoms with van der Waals surface area (Å²) in [6, 6.07) is 10.6. The van der Waals surface area contributed by atoms with Gasteiger partial charge in [0.25, 0.3) is 0 Å². The zero-order valence-corrected chi connectivity index (χ0v) is 13.8. The second-order valence-corrected chi connectivity index (χ2v) is 6.68. The molecule has 2 aromatic carbocycles. The van der Waals surface area contributed by atoms with Gasteiger partial charge in [-0.15, -0.1) is 0 Å². The third-order valence-electron chi connectivity index (χ3n) is 3.02. The Morgan fingerprint density at radius 3 is 2.52 bits per heavy atom. The lowest BCUT2D eigenvalue weighted by molar-refractivity contribution is 0.409. The molecule has 0 aliphatic heterocycles. The van der Waals surface area contributed by atoms with Crippen LogP contribution in [0.25, 0.3) is 0 Å². The molecule has 0 spiro atoms. The molecule has 21 heavy (non-hydrogen) atoms. The standard InChI is InChI=1S/C15H15Cl2NO2S/c1-20-15-5-2-10(6-11(15)8-18)9-21(19)12-3-4-13(16)14(17)7-12/h2-7H,8-9,18H2,1H3. The van der Waals surface area contributed by atoms with E-state index in [1.54, 1.807) is 25.3 Å². The molecule has 112 valence electrons. The van der Waals surface area contributed by atoms with Crippen molar-refractivity contribution < 1.29 is 8.95 Å². The Labute approximate surface area is 136 Å². The minimum atomic E-state index is -1.20. The molecule has 0 saturated heterocycles. The molecule has 2 N–H and O–H groups in total. The van der Waals surface area contributed by atoms with E-state index in [0.717, 1.165) is 16.9 Å². The van der Waals surface area contributed by atoms with Crippen LogP contribution in [0.1, 0.15) is 11.1 Å². The molecule has 2 rings (SSSR count). The molecule has 0 aromatic heterocycles. The number of ether oxygens (including phenoxy) is 1. The summed E-state index contributed by atoms with van der Waals surface area (Å²) < 4.78 is 17.6. The van der Waals surface area contributed by atoms with E-state index >= 15 is 0 Å². The van der Waals surface area contributed by atoms with Crippen molar-refractivity contribution in [3.63, 3.8) is 0 Å². The first kappa shape index (κ1) is 16.3. The highest BCUT2D eigenvalue weighted by Gasteiger charge is 2.10. The Bertz CT molecular complexity index is 677. The van der Waals surface area contributed by atoms with E-state index in [-0.39, 0.29) is 0 Å². The van der Waals surface area contributed by atoms with Crippen LogP contribution in [0.5, 0.6) is 5.75 Å². The lowest BCUT2D eigenvalue weighted by atomic mass is 10.1. The summed E-state index contributed by atoms with van der Waals surface area (Å²) >= 11 is 11.8. The fourth-order valence-corrected chi connectivity index (χ4v) is 3.42. The maximum atomic E-state index is 12.4. The van der Waals surface area contributed by atoms with E-state index in [9.17, 15) is 4.21 Å². The van der Waals surface area contributed by atoms with Gasteiger partial charge in [0.2, 0.25) is 0 Å². The number of hydrogen-bond acceptors (Lipinski definition) is 3. The lowest BCUT2D eigenvalue weighted by Gasteiger charge is -2.09. The molecule has 1 atom stereocenters. The van der Waals surface area contributed by atoms with E-state index < -0.39 is 10.8 Å². The fourth-order valence-electron chi connectivity index (χ4n) is 1.93. The van der Waals surface area contributed by atoms with Gasteiger partial charge < -0.3 is 10.5 Å². The summed E-state index contributed by atoms with van der Waals surface area (Å²) in [5.74, 6) is 1.12. The predicted molar refractivity (Wildman–Crippen MR) is 87.5 cm³/mol. The second kappa shape index (κ2) is 7.27. The molecule has 0 saturated carbocycles. The summed E-state index contributed by atoms with van der Waals surface area (Å²) in [7, 11) is 0.403. The van der Waals surface area contributed by atoms with Crippen LogP contribution in [-0.2, 0) is 23.1 Å². The number of rotatable bonds is 5. The van der Waals surface area contributed by atoms with Gasteiger partial charge in [0.15, 0.2) is 0 Å². The van der Waals surface area contributed by atoms with Crippen molar-refractivity contribution in [3.8, 4) is 5.75 Å². The van der Waals surface area contributed by atoms with Crippen molar-refractivity contribution >= 4 is 34.0 Å². The highest BCUT2D eigenvalue weighted by molar-refractivity contribution is 7.84. The average Bonchev–Trinajstić information content (AvgIpc) is 2.49. The van der Waals surface area contributed by atoms with Crippen molar-refractivity contribution in [3.05, 3.63) is 57.6 Å². The smallest absolute Gasteiger partial charge is 0.123 e. The molecular formula is C15H15Cl2NO2S. The molecule has 2 aromatic rings. The molecule has 0 aliphatic rings. The summed E-state index contributed by atoms with van der Waals surface area (Å²) in [6.07, 6.45) is 0. The van der Waals surface area contributed by atoms with Gasteiger partial charge in [0, 0.05) is 17.0 Å². The van der Waals surface area contributed by atoms with Gasteiger partial charge in [0.05, 0.1) is 33.7 Å². The van der Waals surface area contributed by atoms with Crippen LogP contribution in [0.15, 0.2) is 41.3 Å². The van der Waals surface area contributed by atoms with Crippen molar-refractivity contribution in [2.24, 2.45) is 5.73 Å². The summed E-state index contributed by atoms with van der Waals surface area (Å²) in [5, 5.41) is 0.854. The van der Waals surface area contributed by atoms with Crippen LogP contribution in [-0.4, -0.2) is 11.3 Å². The van der Waals surface area contributed by atoms with Crippen LogP contribution in [0.2, 0.25) is 10.0 Å². The van der Waals surface area contributed by atoms with Crippen molar-refractivity contribution in [2.45, 2.75) is 17.2 Å². The SMILES string of the molecule is COc1ccc(CS(=O)c2ccc(Cl)c(Cl)c2)cc1CN. The van der Waals surface area contributed by atoms with Gasteiger partial charge >= 0.3 is 0 Å². The third-order valence-corrected chi connectivity index (χ3v) is 5.13. The van der Waals surface area contributed by atoms with E-state index in [0.29, 0.717) is 27.2 Å². The Morgan fingerprint density at radius 2 is 1.90 bits per heavy atom. The van der Waals surface area contributed by atoms with Crippen LogP contribution in [0.3, 0.4) is 0 Å². The monoisotopic (exact) mass is 343 g/mol. The summed E-state index contributed by atoms with van der Waals surface area (Å²) in [5.41, 5.74) is 7.51. The molecule has 0 radical (unpaired) electrons. The van der Waals surface area contributed by atoms with E-state index in [2.05, 4.69) is 0 Å². The molecule has 0 heterocycles. The lowest BCUT2D eigenvalue weighted by Crippen LogP contribution is -2.02. The zero-order chi connectivity index (χ0) is 15.4. The van der Waals surface area contributed by atoms with Crippen LogP contribution in [0, 0.1) is 0 Å². The molecule has 1 unspecified atom stereocenters. The summed E-state index contributed by atoms with van der Waals surface area (Å²) in [4.78, 5) is 0.648. The molecule has 6 heteroatoms. The van der Waals surface area contributed by atoms with Crippen LogP contribution < -0.4 is 10.5 Å². The molecule has 3 nitrogen and oxygen atoms in total. The Morgan fingerprint density at radius 1 is 1.14 bits per heavy atom. The normalized spacial score (nSPS) is 12.2. The quantitative estimate of drug-likeness (QED) is 0.898. The van der Waals surface area contributed by atoms with Crippen molar-refractivity contribution in [1.82, 2.24) is 0 Å². The van der Waals surface area contributed by atoms with Crippen LogP contribution >= 0.6 is 23.2 Å². The molecule has 0 amide bonds.